The number of ether oxygens (including phenoxy) is 2. The summed E-state index contributed by atoms with van der Waals surface area (Å²) in [5.74, 6) is 0.931. The summed E-state index contributed by atoms with van der Waals surface area (Å²) in [6.45, 7) is 3.96. The first kappa shape index (κ1) is 23.6. The average molecular weight is 466 g/mol. The molecule has 9 nitrogen and oxygen atoms in total. The van der Waals surface area contributed by atoms with E-state index in [-0.39, 0.29) is 11.5 Å². The Balaban J connectivity index is 1.46. The number of amides is 1. The molecule has 1 aromatic carbocycles. The van der Waals surface area contributed by atoms with Gasteiger partial charge in [0.1, 0.15) is 17.1 Å². The minimum atomic E-state index is -0.218. The van der Waals surface area contributed by atoms with Crippen molar-refractivity contribution in [1.29, 1.82) is 0 Å². The number of carbonyl (C=O) groups excluding carboxylic acids is 1. The second-order valence-corrected chi connectivity index (χ2v) is 8.28. The van der Waals surface area contributed by atoms with Gasteiger partial charge in [-0.2, -0.15) is 5.10 Å². The largest absolute Gasteiger partial charge is 0.497 e. The van der Waals surface area contributed by atoms with Gasteiger partial charge >= 0.3 is 0 Å². The van der Waals surface area contributed by atoms with Crippen molar-refractivity contribution in [2.75, 3.05) is 33.9 Å². The molecule has 1 N–H and O–H groups in total. The first-order valence-electron chi connectivity index (χ1n) is 11.5. The molecule has 0 saturated carbocycles. The highest BCUT2D eigenvalue weighted by Crippen LogP contribution is 2.23. The number of carbonyl (C=O) groups is 1. The van der Waals surface area contributed by atoms with Gasteiger partial charge in [0.15, 0.2) is 0 Å². The second-order valence-electron chi connectivity index (χ2n) is 8.28. The molecule has 9 heteroatoms. The van der Waals surface area contributed by atoms with E-state index in [1.165, 1.54) is 18.7 Å². The van der Waals surface area contributed by atoms with Crippen LogP contribution in [0.4, 0.5) is 0 Å². The first-order chi connectivity index (χ1) is 16.6. The Morgan fingerprint density at radius 2 is 1.94 bits per heavy atom. The Kier molecular flexibility index (Phi) is 7.64. The number of fused-ring (bicyclic) bond motifs is 1. The van der Waals surface area contributed by atoms with Crippen molar-refractivity contribution in [1.82, 2.24) is 24.6 Å². The normalized spacial score (nSPS) is 13.7. The Labute approximate surface area is 198 Å². The fourth-order valence-corrected chi connectivity index (χ4v) is 4.31. The summed E-state index contributed by atoms with van der Waals surface area (Å²) >= 11 is 0. The molecule has 3 aromatic rings. The third-order valence-corrected chi connectivity index (χ3v) is 6.11. The van der Waals surface area contributed by atoms with Crippen molar-refractivity contribution in [2.45, 2.75) is 32.5 Å². The molecule has 4 rings (SSSR count). The zero-order valence-corrected chi connectivity index (χ0v) is 19.7. The van der Waals surface area contributed by atoms with Crippen LogP contribution in [0, 0.1) is 0 Å². The van der Waals surface area contributed by atoms with E-state index in [2.05, 4.69) is 15.3 Å². The lowest BCUT2D eigenvalue weighted by Gasteiger charge is -2.19. The van der Waals surface area contributed by atoms with Crippen molar-refractivity contribution < 1.29 is 14.3 Å². The molecule has 1 aliphatic heterocycles. The van der Waals surface area contributed by atoms with Crippen molar-refractivity contribution in [3.63, 3.8) is 0 Å². The lowest BCUT2D eigenvalue weighted by Crippen LogP contribution is -2.32. The van der Waals surface area contributed by atoms with Gasteiger partial charge in [-0.3, -0.25) is 19.2 Å². The molecule has 0 spiro atoms. The molecule has 0 radical (unpaired) electrons. The highest BCUT2D eigenvalue weighted by Gasteiger charge is 2.25. The Hall–Kier alpha value is -3.59. The molecule has 0 fully saturated rings. The first-order valence-corrected chi connectivity index (χ1v) is 11.5. The van der Waals surface area contributed by atoms with E-state index in [1.807, 2.05) is 41.2 Å². The fourth-order valence-electron chi connectivity index (χ4n) is 4.31. The Morgan fingerprint density at radius 3 is 2.65 bits per heavy atom. The topological polar surface area (TPSA) is 90.6 Å². The van der Waals surface area contributed by atoms with E-state index < -0.39 is 0 Å². The lowest BCUT2D eigenvalue weighted by molar-refractivity contribution is 0.0947. The van der Waals surface area contributed by atoms with E-state index in [0.29, 0.717) is 30.8 Å². The highest BCUT2D eigenvalue weighted by molar-refractivity contribution is 5.98. The molecule has 0 saturated heterocycles. The molecule has 0 unspecified atom stereocenters. The average Bonchev–Trinajstić information content (AvgIpc) is 3.29. The van der Waals surface area contributed by atoms with Crippen LogP contribution in [0.15, 0.2) is 53.6 Å². The van der Waals surface area contributed by atoms with Crippen LogP contribution < -0.4 is 20.3 Å². The van der Waals surface area contributed by atoms with Crippen LogP contribution in [0.5, 0.6) is 11.5 Å². The standard InChI is InChI=1S/C25H31N5O4/c1-33-20-7-5-19(6-8-20)18-28-14-9-21-24(22(34-2)17-23(31)30(21)16-15-28)25(32)26-10-3-12-29-13-4-11-27-29/h4-8,11,13,17H,3,9-10,12,14-16,18H2,1-2H3,(H,26,32). The van der Waals surface area contributed by atoms with E-state index >= 15 is 0 Å². The van der Waals surface area contributed by atoms with Gasteiger partial charge in [0, 0.05) is 69.8 Å². The predicted octanol–water partition coefficient (Wildman–Crippen LogP) is 1.94. The van der Waals surface area contributed by atoms with Crippen LogP contribution in [-0.2, 0) is 26.1 Å². The molecular formula is C25H31N5O4. The van der Waals surface area contributed by atoms with Crippen LogP contribution in [0.1, 0.15) is 28.0 Å². The SMILES string of the molecule is COc1ccc(CN2CCc3c(C(=O)NCCCn4cccn4)c(OC)cc(=O)n3CC2)cc1. The summed E-state index contributed by atoms with van der Waals surface area (Å²) in [7, 11) is 3.15. The number of benzene rings is 1. The number of aryl methyl sites for hydroxylation is 1. The smallest absolute Gasteiger partial charge is 0.256 e. The zero-order valence-electron chi connectivity index (χ0n) is 19.7. The van der Waals surface area contributed by atoms with E-state index in [1.54, 1.807) is 17.9 Å². The predicted molar refractivity (Wildman–Crippen MR) is 128 cm³/mol. The van der Waals surface area contributed by atoms with Gasteiger partial charge in [0.25, 0.3) is 11.5 Å². The number of nitrogens with one attached hydrogen (secondary N) is 1. The number of pyridine rings is 1. The molecule has 2 aromatic heterocycles. The number of hydrogen-bond donors (Lipinski definition) is 1. The molecule has 1 amide bonds. The maximum atomic E-state index is 13.2. The molecular weight excluding hydrogens is 434 g/mol. The summed E-state index contributed by atoms with van der Waals surface area (Å²) in [4.78, 5) is 28.3. The molecule has 34 heavy (non-hydrogen) atoms. The van der Waals surface area contributed by atoms with E-state index in [4.69, 9.17) is 9.47 Å². The van der Waals surface area contributed by atoms with Gasteiger partial charge in [-0.05, 0) is 30.2 Å². The summed E-state index contributed by atoms with van der Waals surface area (Å²) in [5.41, 5.74) is 2.21. The number of hydrogen-bond acceptors (Lipinski definition) is 6. The summed E-state index contributed by atoms with van der Waals surface area (Å²) in [5, 5.41) is 7.16. The molecule has 0 atom stereocenters. The van der Waals surface area contributed by atoms with Crippen molar-refractivity contribution in [3.8, 4) is 11.5 Å². The molecule has 180 valence electrons. The molecule has 1 aliphatic rings. The van der Waals surface area contributed by atoms with Gasteiger partial charge in [-0.15, -0.1) is 0 Å². The quantitative estimate of drug-likeness (QED) is 0.486. The van der Waals surface area contributed by atoms with E-state index in [9.17, 15) is 9.59 Å². The molecule has 0 bridgehead atoms. The van der Waals surface area contributed by atoms with Crippen LogP contribution in [0.3, 0.4) is 0 Å². The van der Waals surface area contributed by atoms with E-state index in [0.717, 1.165) is 44.0 Å². The maximum absolute atomic E-state index is 13.2. The summed E-state index contributed by atoms with van der Waals surface area (Å²) in [6.07, 6.45) is 4.96. The van der Waals surface area contributed by atoms with Crippen molar-refractivity contribution >= 4 is 5.91 Å². The summed E-state index contributed by atoms with van der Waals surface area (Å²) < 4.78 is 14.2. The van der Waals surface area contributed by atoms with Crippen molar-refractivity contribution in [3.05, 3.63) is 76.0 Å². The van der Waals surface area contributed by atoms with Crippen LogP contribution in [0.25, 0.3) is 0 Å². The summed E-state index contributed by atoms with van der Waals surface area (Å²) in [6, 6.07) is 11.3. The Morgan fingerprint density at radius 1 is 1.12 bits per heavy atom. The number of nitrogens with zero attached hydrogens (tertiary/aromatic N) is 4. The fraction of sp³-hybridized carbons (Fsp3) is 0.400. The van der Waals surface area contributed by atoms with Gasteiger partial charge in [-0.1, -0.05) is 12.1 Å². The minimum Gasteiger partial charge on any atom is -0.497 e. The van der Waals surface area contributed by atoms with Crippen LogP contribution in [-0.4, -0.2) is 59.0 Å². The second kappa shape index (κ2) is 11.0. The molecule has 0 aliphatic carbocycles. The third-order valence-electron chi connectivity index (χ3n) is 6.11. The molecule has 3 heterocycles. The zero-order chi connectivity index (χ0) is 23.9. The van der Waals surface area contributed by atoms with Crippen molar-refractivity contribution in [2.24, 2.45) is 0 Å². The minimum absolute atomic E-state index is 0.145. The lowest BCUT2D eigenvalue weighted by atomic mass is 10.1. The van der Waals surface area contributed by atoms with Gasteiger partial charge in [0.2, 0.25) is 0 Å². The van der Waals surface area contributed by atoms with Gasteiger partial charge in [-0.25, -0.2) is 0 Å². The Bertz CT molecular complexity index is 1160. The maximum Gasteiger partial charge on any atom is 0.256 e. The van der Waals surface area contributed by atoms with Gasteiger partial charge in [0.05, 0.1) is 14.2 Å². The number of rotatable bonds is 9. The number of aromatic nitrogens is 3. The van der Waals surface area contributed by atoms with Crippen LogP contribution >= 0.6 is 0 Å². The third kappa shape index (κ3) is 5.48. The highest BCUT2D eigenvalue weighted by atomic mass is 16.5. The van der Waals surface area contributed by atoms with Gasteiger partial charge < -0.3 is 19.4 Å². The monoisotopic (exact) mass is 465 g/mol. The number of methoxy groups -OCH3 is 2. The van der Waals surface area contributed by atoms with Crippen LogP contribution in [0.2, 0.25) is 0 Å².